The summed E-state index contributed by atoms with van der Waals surface area (Å²) in [6, 6.07) is 15.1. The van der Waals surface area contributed by atoms with Gasteiger partial charge in [-0.25, -0.2) is 4.39 Å². The highest BCUT2D eigenvalue weighted by atomic mass is 19.1. The number of hydrogen-bond acceptors (Lipinski definition) is 2. The van der Waals surface area contributed by atoms with Crippen LogP contribution >= 0.6 is 0 Å². The molecule has 0 N–H and O–H groups in total. The van der Waals surface area contributed by atoms with Gasteiger partial charge in [0.05, 0.1) is 0 Å². The molecule has 1 saturated carbocycles. The van der Waals surface area contributed by atoms with Gasteiger partial charge in [0, 0.05) is 30.8 Å². The topological polar surface area (TPSA) is 12.5 Å². The van der Waals surface area contributed by atoms with Crippen molar-refractivity contribution in [2.24, 2.45) is 5.92 Å². The van der Waals surface area contributed by atoms with E-state index in [0.29, 0.717) is 5.56 Å². The molecular weight excluding hydrogens is 277 g/mol. The number of hydrogen-bond donors (Lipinski definition) is 0. The highest BCUT2D eigenvalue weighted by Gasteiger charge is 2.30. The summed E-state index contributed by atoms with van der Waals surface area (Å²) in [6.45, 7) is 2.71. The zero-order valence-corrected chi connectivity index (χ0v) is 12.5. The molecule has 0 amide bonds. The van der Waals surface area contributed by atoms with E-state index in [9.17, 15) is 4.39 Å². The molecule has 0 saturated heterocycles. The van der Waals surface area contributed by atoms with Crippen molar-refractivity contribution in [2.75, 3.05) is 13.1 Å². The fourth-order valence-electron chi connectivity index (χ4n) is 3.18. The van der Waals surface area contributed by atoms with Crippen molar-refractivity contribution >= 4 is 0 Å². The van der Waals surface area contributed by atoms with E-state index in [0.717, 1.165) is 31.3 Å². The van der Waals surface area contributed by atoms with E-state index in [-0.39, 0.29) is 11.9 Å². The van der Waals surface area contributed by atoms with Crippen LogP contribution in [0.1, 0.15) is 30.1 Å². The van der Waals surface area contributed by atoms with Crippen molar-refractivity contribution < 1.29 is 9.13 Å². The smallest absolute Gasteiger partial charge is 0.139 e. The van der Waals surface area contributed by atoms with Gasteiger partial charge in [0.2, 0.25) is 0 Å². The lowest BCUT2D eigenvalue weighted by molar-refractivity contribution is 0.141. The molecule has 0 radical (unpaired) electrons. The highest BCUT2D eigenvalue weighted by Crippen LogP contribution is 2.35. The van der Waals surface area contributed by atoms with E-state index in [4.69, 9.17) is 4.74 Å². The second-order valence-electron chi connectivity index (χ2n) is 6.37. The van der Waals surface area contributed by atoms with Gasteiger partial charge < -0.3 is 4.74 Å². The fourth-order valence-corrected chi connectivity index (χ4v) is 3.18. The summed E-state index contributed by atoms with van der Waals surface area (Å²) < 4.78 is 20.4. The maximum Gasteiger partial charge on any atom is 0.139 e. The molecule has 114 valence electrons. The van der Waals surface area contributed by atoms with Crippen LogP contribution in [0.15, 0.2) is 48.5 Å². The number of rotatable bonds is 3. The van der Waals surface area contributed by atoms with Crippen molar-refractivity contribution in [1.82, 2.24) is 4.90 Å². The first kappa shape index (κ1) is 13.8. The molecule has 2 aromatic rings. The van der Waals surface area contributed by atoms with Gasteiger partial charge in [-0.1, -0.05) is 36.4 Å². The van der Waals surface area contributed by atoms with Gasteiger partial charge >= 0.3 is 0 Å². The quantitative estimate of drug-likeness (QED) is 0.843. The van der Waals surface area contributed by atoms with Crippen LogP contribution in [0.4, 0.5) is 4.39 Å². The number of para-hydroxylation sites is 1. The lowest BCUT2D eigenvalue weighted by Crippen LogP contribution is -2.30. The molecule has 22 heavy (non-hydrogen) atoms. The Morgan fingerprint density at radius 2 is 1.82 bits per heavy atom. The predicted octanol–water partition coefficient (Wildman–Crippen LogP) is 4.17. The van der Waals surface area contributed by atoms with Crippen molar-refractivity contribution in [1.29, 1.82) is 0 Å². The van der Waals surface area contributed by atoms with Gasteiger partial charge in [0.15, 0.2) is 0 Å². The minimum Gasteiger partial charge on any atom is -0.484 e. The molecule has 1 atom stereocenters. The average Bonchev–Trinajstić information content (AvgIpc) is 3.34. The Morgan fingerprint density at radius 3 is 2.64 bits per heavy atom. The third-order valence-corrected chi connectivity index (χ3v) is 4.53. The molecule has 4 rings (SSSR count). The number of benzene rings is 2. The Balaban J connectivity index is 1.67. The number of halogens is 1. The van der Waals surface area contributed by atoms with Crippen molar-refractivity contribution in [2.45, 2.75) is 25.5 Å². The number of ether oxygens (including phenoxy) is 1. The Labute approximate surface area is 130 Å². The Kier molecular flexibility index (Phi) is 3.59. The predicted molar refractivity (Wildman–Crippen MR) is 84.2 cm³/mol. The molecule has 2 aliphatic rings. The Bertz CT molecular complexity index is 668. The van der Waals surface area contributed by atoms with Gasteiger partial charge in [-0.3, -0.25) is 4.90 Å². The summed E-state index contributed by atoms with van der Waals surface area (Å²) in [4.78, 5) is 2.42. The Hall–Kier alpha value is -1.87. The third-order valence-electron chi connectivity index (χ3n) is 4.53. The minimum absolute atomic E-state index is 0.182. The zero-order chi connectivity index (χ0) is 14.9. The molecule has 0 spiro atoms. The van der Waals surface area contributed by atoms with E-state index in [2.05, 4.69) is 11.0 Å². The zero-order valence-electron chi connectivity index (χ0n) is 12.5. The second kappa shape index (κ2) is 5.73. The van der Waals surface area contributed by atoms with Crippen LogP contribution < -0.4 is 4.74 Å². The van der Waals surface area contributed by atoms with Crippen LogP contribution in [-0.2, 0) is 6.54 Å². The van der Waals surface area contributed by atoms with Crippen molar-refractivity contribution in [3.8, 4) is 5.75 Å². The van der Waals surface area contributed by atoms with Crippen molar-refractivity contribution in [3.05, 3.63) is 65.5 Å². The van der Waals surface area contributed by atoms with Gasteiger partial charge in [-0.05, 0) is 30.9 Å². The molecule has 1 unspecified atom stereocenters. The van der Waals surface area contributed by atoms with E-state index in [1.807, 2.05) is 30.3 Å². The summed E-state index contributed by atoms with van der Waals surface area (Å²) in [5.41, 5.74) is 1.85. The second-order valence-corrected chi connectivity index (χ2v) is 6.37. The molecule has 1 heterocycles. The summed E-state index contributed by atoms with van der Waals surface area (Å²) in [5.74, 6) is 1.51. The molecule has 1 aliphatic heterocycles. The van der Waals surface area contributed by atoms with Gasteiger partial charge in [0.1, 0.15) is 17.7 Å². The number of nitrogens with zero attached hydrogens (tertiary/aromatic N) is 1. The SMILES string of the molecule is Fc1ccccc1C1CN(CC2CC2)Cc2ccccc2O1. The van der Waals surface area contributed by atoms with E-state index in [1.165, 1.54) is 24.5 Å². The van der Waals surface area contributed by atoms with Crippen LogP contribution in [0.25, 0.3) is 0 Å². The normalized spacial score (nSPS) is 21.8. The molecule has 2 nitrogen and oxygen atoms in total. The van der Waals surface area contributed by atoms with Gasteiger partial charge in [-0.15, -0.1) is 0 Å². The molecule has 2 aromatic carbocycles. The van der Waals surface area contributed by atoms with Crippen LogP contribution in [0.5, 0.6) is 5.75 Å². The molecule has 0 aromatic heterocycles. The first-order chi connectivity index (χ1) is 10.8. The lowest BCUT2D eigenvalue weighted by atomic mass is 10.1. The van der Waals surface area contributed by atoms with E-state index >= 15 is 0 Å². The first-order valence-electron chi connectivity index (χ1n) is 8.01. The maximum absolute atomic E-state index is 14.2. The molecule has 3 heteroatoms. The average molecular weight is 297 g/mol. The van der Waals surface area contributed by atoms with Crippen LogP contribution in [0.2, 0.25) is 0 Å². The van der Waals surface area contributed by atoms with E-state index < -0.39 is 0 Å². The highest BCUT2D eigenvalue weighted by molar-refractivity contribution is 5.35. The monoisotopic (exact) mass is 297 g/mol. The summed E-state index contributed by atoms with van der Waals surface area (Å²) in [7, 11) is 0. The minimum atomic E-state index is -0.247. The largest absolute Gasteiger partial charge is 0.484 e. The van der Waals surface area contributed by atoms with Crippen molar-refractivity contribution in [3.63, 3.8) is 0 Å². The third kappa shape index (κ3) is 2.86. The maximum atomic E-state index is 14.2. The molecular formula is C19H20FNO. The van der Waals surface area contributed by atoms with Crippen LogP contribution in [0, 0.1) is 11.7 Å². The van der Waals surface area contributed by atoms with Crippen LogP contribution in [0.3, 0.4) is 0 Å². The van der Waals surface area contributed by atoms with E-state index in [1.54, 1.807) is 6.07 Å². The standard InChI is InChI=1S/C19H20FNO/c20-17-7-3-2-6-16(17)19-13-21(11-14-9-10-14)12-15-5-1-4-8-18(15)22-19/h1-8,14,19H,9-13H2. The summed E-state index contributed by atoms with van der Waals surface area (Å²) in [6.07, 6.45) is 2.40. The van der Waals surface area contributed by atoms with Crippen LogP contribution in [-0.4, -0.2) is 18.0 Å². The fraction of sp³-hybridized carbons (Fsp3) is 0.368. The molecule has 1 aliphatic carbocycles. The van der Waals surface area contributed by atoms with Gasteiger partial charge in [-0.2, -0.15) is 0 Å². The molecule has 0 bridgehead atoms. The molecule has 1 fully saturated rings. The Morgan fingerprint density at radius 1 is 1.05 bits per heavy atom. The summed E-state index contributed by atoms with van der Waals surface area (Å²) in [5, 5.41) is 0. The number of fused-ring (bicyclic) bond motifs is 1. The van der Waals surface area contributed by atoms with Gasteiger partial charge in [0.25, 0.3) is 0 Å². The first-order valence-corrected chi connectivity index (χ1v) is 8.01. The summed E-state index contributed by atoms with van der Waals surface area (Å²) >= 11 is 0. The lowest BCUT2D eigenvalue weighted by Gasteiger charge is -2.24.